The summed E-state index contributed by atoms with van der Waals surface area (Å²) >= 11 is 0. The fourth-order valence-electron chi connectivity index (χ4n) is 0.0848. The highest BCUT2D eigenvalue weighted by molar-refractivity contribution is 4.55. The molecule has 5 nitrogen and oxygen atoms in total. The summed E-state index contributed by atoms with van der Waals surface area (Å²) in [7, 11) is 0. The van der Waals surface area contributed by atoms with E-state index in [1.165, 1.54) is 0 Å². The highest BCUT2D eigenvalue weighted by Crippen LogP contribution is 1.68. The Morgan fingerprint density at radius 3 is 2.57 bits per heavy atom. The maximum absolute atomic E-state index is 9.34. The van der Waals surface area contributed by atoms with Crippen molar-refractivity contribution in [3.05, 3.63) is 22.6 Å². The van der Waals surface area contributed by atoms with E-state index in [2.05, 4.69) is 10.7 Å². The lowest BCUT2D eigenvalue weighted by atomic mass is 11.0. The summed E-state index contributed by atoms with van der Waals surface area (Å²) in [6.45, 7) is 0. The quantitative estimate of drug-likeness (QED) is 0.294. The van der Waals surface area contributed by atoms with E-state index in [0.717, 1.165) is 6.26 Å². The lowest BCUT2D eigenvalue weighted by Crippen LogP contribution is -1.90. The zero-order chi connectivity index (χ0) is 5.70. The Morgan fingerprint density at radius 1 is 1.86 bits per heavy atom. The molecule has 0 fully saturated rings. The molecule has 0 aliphatic carbocycles. The SMILES string of the molecule is NO/C=C/[N+](=O)[O-]. The summed E-state index contributed by atoms with van der Waals surface area (Å²) < 4.78 is 0. The molecule has 0 aliphatic rings. The third-order valence-electron chi connectivity index (χ3n) is 0.261. The van der Waals surface area contributed by atoms with Crippen LogP contribution in [-0.4, -0.2) is 4.92 Å². The van der Waals surface area contributed by atoms with Gasteiger partial charge in [0.15, 0.2) is 6.26 Å². The molecule has 5 heteroatoms. The molecule has 0 aromatic heterocycles. The molecule has 0 aromatic rings. The maximum atomic E-state index is 9.34. The number of nitrogens with zero attached hydrogens (tertiary/aromatic N) is 1. The molecule has 0 aliphatic heterocycles. The zero-order valence-corrected chi connectivity index (χ0v) is 3.40. The number of hydrogen-bond acceptors (Lipinski definition) is 4. The van der Waals surface area contributed by atoms with Crippen molar-refractivity contribution in [2.75, 3.05) is 0 Å². The Hall–Kier alpha value is -1.10. The van der Waals surface area contributed by atoms with Gasteiger partial charge in [-0.3, -0.25) is 10.1 Å². The fraction of sp³-hybridized carbons (Fsp3) is 0. The van der Waals surface area contributed by atoms with Crippen LogP contribution in [0.3, 0.4) is 0 Å². The van der Waals surface area contributed by atoms with Crippen molar-refractivity contribution in [3.63, 3.8) is 0 Å². The van der Waals surface area contributed by atoms with Crippen LogP contribution in [0.5, 0.6) is 0 Å². The van der Waals surface area contributed by atoms with Gasteiger partial charge in [0.25, 0.3) is 6.20 Å². The standard InChI is InChI=1S/C2H4N2O3/c3-7-2-1-4(5)6/h1-2H,3H2/b2-1+. The topological polar surface area (TPSA) is 78.4 Å². The monoisotopic (exact) mass is 104 g/mol. The average molecular weight is 104 g/mol. The van der Waals surface area contributed by atoms with Crippen molar-refractivity contribution in [3.8, 4) is 0 Å². The maximum Gasteiger partial charge on any atom is 0.271 e. The molecule has 0 heterocycles. The Bertz CT molecular complexity index is 88.9. The average Bonchev–Trinajstić information content (AvgIpc) is 1.61. The number of nitrogens with two attached hydrogens (primary N) is 1. The third-order valence-corrected chi connectivity index (χ3v) is 0.261. The second-order valence-electron chi connectivity index (χ2n) is 0.707. The van der Waals surface area contributed by atoms with Gasteiger partial charge >= 0.3 is 0 Å². The first-order chi connectivity index (χ1) is 3.27. The van der Waals surface area contributed by atoms with E-state index < -0.39 is 4.92 Å². The molecular weight excluding hydrogens is 100 g/mol. The fourth-order valence-corrected chi connectivity index (χ4v) is 0.0848. The number of nitro groups is 1. The van der Waals surface area contributed by atoms with E-state index in [4.69, 9.17) is 0 Å². The minimum atomic E-state index is -0.674. The van der Waals surface area contributed by atoms with E-state index in [1.54, 1.807) is 0 Å². The Morgan fingerprint density at radius 2 is 2.43 bits per heavy atom. The first-order valence-electron chi connectivity index (χ1n) is 1.43. The van der Waals surface area contributed by atoms with Gasteiger partial charge in [-0.05, 0) is 0 Å². The van der Waals surface area contributed by atoms with Gasteiger partial charge in [-0.25, -0.2) is 0 Å². The summed E-state index contributed by atoms with van der Waals surface area (Å²) in [6, 6.07) is 0. The van der Waals surface area contributed by atoms with Crippen molar-refractivity contribution in [2.45, 2.75) is 0 Å². The Labute approximate surface area is 39.5 Å². The molecule has 0 amide bonds. The van der Waals surface area contributed by atoms with E-state index in [9.17, 15) is 10.1 Å². The second kappa shape index (κ2) is 3.10. The van der Waals surface area contributed by atoms with Gasteiger partial charge in [0, 0.05) is 0 Å². The van der Waals surface area contributed by atoms with Crippen LogP contribution in [0.2, 0.25) is 0 Å². The molecule has 7 heavy (non-hydrogen) atoms. The van der Waals surface area contributed by atoms with Crippen LogP contribution < -0.4 is 5.90 Å². The largest absolute Gasteiger partial charge is 0.413 e. The lowest BCUT2D eigenvalue weighted by molar-refractivity contribution is -0.404. The minimum absolute atomic E-state index is 0.597. The van der Waals surface area contributed by atoms with Gasteiger partial charge in [-0.15, -0.1) is 0 Å². The van der Waals surface area contributed by atoms with Crippen LogP contribution in [0, 0.1) is 10.1 Å². The molecule has 40 valence electrons. The van der Waals surface area contributed by atoms with Crippen LogP contribution in [-0.2, 0) is 4.84 Å². The number of rotatable bonds is 2. The number of hydrogen-bond donors (Lipinski definition) is 1. The van der Waals surface area contributed by atoms with Crippen molar-refractivity contribution < 1.29 is 9.76 Å². The highest BCUT2D eigenvalue weighted by atomic mass is 16.6. The van der Waals surface area contributed by atoms with E-state index in [1.807, 2.05) is 0 Å². The zero-order valence-electron chi connectivity index (χ0n) is 3.40. The van der Waals surface area contributed by atoms with Crippen LogP contribution in [0.4, 0.5) is 0 Å². The predicted molar refractivity (Wildman–Crippen MR) is 21.4 cm³/mol. The second-order valence-corrected chi connectivity index (χ2v) is 0.707. The summed E-state index contributed by atoms with van der Waals surface area (Å²) in [5, 5.41) is 9.34. The molecule has 2 N–H and O–H groups in total. The smallest absolute Gasteiger partial charge is 0.271 e. The first-order valence-corrected chi connectivity index (χ1v) is 1.43. The molecule has 0 bridgehead atoms. The van der Waals surface area contributed by atoms with Crippen molar-refractivity contribution >= 4 is 0 Å². The summed E-state index contributed by atoms with van der Waals surface area (Å²) in [5.41, 5.74) is 0. The molecule has 0 unspecified atom stereocenters. The molecule has 0 aromatic carbocycles. The summed E-state index contributed by atoms with van der Waals surface area (Å²) in [5.74, 6) is 4.39. The normalized spacial score (nSPS) is 9.29. The van der Waals surface area contributed by atoms with Crippen LogP contribution in [0.15, 0.2) is 12.5 Å². The highest BCUT2D eigenvalue weighted by Gasteiger charge is 1.78. The predicted octanol–water partition coefficient (Wildman–Crippen LogP) is -0.375. The Kier molecular flexibility index (Phi) is 2.62. The molecule has 0 atom stereocenters. The molecule has 0 saturated heterocycles. The van der Waals surface area contributed by atoms with Crippen molar-refractivity contribution in [2.24, 2.45) is 5.90 Å². The molecule has 0 spiro atoms. The van der Waals surface area contributed by atoms with Crippen LogP contribution in [0.25, 0.3) is 0 Å². The van der Waals surface area contributed by atoms with Crippen molar-refractivity contribution in [1.82, 2.24) is 0 Å². The van der Waals surface area contributed by atoms with Gasteiger partial charge in [0.05, 0.1) is 4.92 Å². The minimum Gasteiger partial charge on any atom is -0.413 e. The van der Waals surface area contributed by atoms with E-state index in [-0.39, 0.29) is 0 Å². The lowest BCUT2D eigenvalue weighted by Gasteiger charge is -1.77. The van der Waals surface area contributed by atoms with Gasteiger partial charge in [0.2, 0.25) is 0 Å². The van der Waals surface area contributed by atoms with Crippen molar-refractivity contribution in [1.29, 1.82) is 0 Å². The van der Waals surface area contributed by atoms with E-state index >= 15 is 0 Å². The Balaban J connectivity index is 3.26. The summed E-state index contributed by atoms with van der Waals surface area (Å²) in [6.07, 6.45) is 1.38. The molecule has 0 radical (unpaired) electrons. The van der Waals surface area contributed by atoms with Gasteiger partial charge in [-0.1, -0.05) is 0 Å². The van der Waals surface area contributed by atoms with Gasteiger partial charge < -0.3 is 4.84 Å². The first kappa shape index (κ1) is 5.90. The van der Waals surface area contributed by atoms with Crippen LogP contribution in [0.1, 0.15) is 0 Å². The molecule has 0 rings (SSSR count). The van der Waals surface area contributed by atoms with E-state index in [0.29, 0.717) is 6.20 Å². The van der Waals surface area contributed by atoms with Gasteiger partial charge in [-0.2, -0.15) is 5.90 Å². The summed E-state index contributed by atoms with van der Waals surface area (Å²) in [4.78, 5) is 12.4. The molecular formula is C2H4N2O3. The third kappa shape index (κ3) is 4.90. The molecule has 0 saturated carbocycles. The van der Waals surface area contributed by atoms with Crippen LogP contribution >= 0.6 is 0 Å². The van der Waals surface area contributed by atoms with Gasteiger partial charge in [0.1, 0.15) is 0 Å².